The van der Waals surface area contributed by atoms with Crippen molar-refractivity contribution in [3.05, 3.63) is 59.4 Å². The third-order valence-electron chi connectivity index (χ3n) is 2.93. The van der Waals surface area contributed by atoms with Gasteiger partial charge in [-0.25, -0.2) is 4.39 Å². The summed E-state index contributed by atoms with van der Waals surface area (Å²) in [5, 5.41) is 0. The quantitative estimate of drug-likeness (QED) is 0.766. The Morgan fingerprint density at radius 2 is 1.78 bits per heavy atom. The smallest absolute Gasteiger partial charge is 0.150 e. The first-order chi connectivity index (χ1) is 8.61. The Kier molecular flexibility index (Phi) is 3.42. The number of aldehydes is 1. The van der Waals surface area contributed by atoms with E-state index in [0.29, 0.717) is 5.56 Å². The van der Waals surface area contributed by atoms with E-state index < -0.39 is 0 Å². The molecule has 0 atom stereocenters. The number of anilines is 2. The molecule has 2 nitrogen and oxygen atoms in total. The minimum absolute atomic E-state index is 0.250. The second-order valence-electron chi connectivity index (χ2n) is 4.20. The number of rotatable bonds is 3. The second kappa shape index (κ2) is 5.00. The van der Waals surface area contributed by atoms with Crippen LogP contribution < -0.4 is 4.90 Å². The molecular weight excluding hydrogens is 229 g/mol. The van der Waals surface area contributed by atoms with Crippen LogP contribution in [-0.4, -0.2) is 13.3 Å². The van der Waals surface area contributed by atoms with Crippen LogP contribution in [0.25, 0.3) is 0 Å². The molecule has 0 radical (unpaired) electrons. The largest absolute Gasteiger partial charge is 0.344 e. The molecule has 0 aromatic heterocycles. The molecule has 0 aliphatic heterocycles. The maximum Gasteiger partial charge on any atom is 0.150 e. The van der Waals surface area contributed by atoms with E-state index in [0.717, 1.165) is 23.2 Å². The monoisotopic (exact) mass is 243 g/mol. The third-order valence-corrected chi connectivity index (χ3v) is 2.93. The van der Waals surface area contributed by atoms with Gasteiger partial charge in [-0.1, -0.05) is 0 Å². The van der Waals surface area contributed by atoms with Crippen molar-refractivity contribution in [1.29, 1.82) is 0 Å². The summed E-state index contributed by atoms with van der Waals surface area (Å²) in [6, 6.07) is 11.8. The number of halogens is 1. The zero-order valence-corrected chi connectivity index (χ0v) is 10.4. The summed E-state index contributed by atoms with van der Waals surface area (Å²) < 4.78 is 12.9. The number of carbonyl (C=O) groups is 1. The van der Waals surface area contributed by atoms with Crippen LogP contribution >= 0.6 is 0 Å². The van der Waals surface area contributed by atoms with Gasteiger partial charge in [-0.15, -0.1) is 0 Å². The molecule has 0 N–H and O–H groups in total. The number of benzene rings is 2. The molecule has 0 bridgehead atoms. The van der Waals surface area contributed by atoms with Crippen molar-refractivity contribution in [2.75, 3.05) is 11.9 Å². The van der Waals surface area contributed by atoms with Crippen LogP contribution in [0.5, 0.6) is 0 Å². The van der Waals surface area contributed by atoms with Crippen molar-refractivity contribution >= 4 is 17.7 Å². The predicted octanol–water partition coefficient (Wildman–Crippen LogP) is 3.71. The lowest BCUT2D eigenvalue weighted by Gasteiger charge is -2.21. The summed E-state index contributed by atoms with van der Waals surface area (Å²) in [6.07, 6.45) is 0.828. The molecule has 0 unspecified atom stereocenters. The van der Waals surface area contributed by atoms with Crippen molar-refractivity contribution in [1.82, 2.24) is 0 Å². The number of carbonyl (C=O) groups excluding carboxylic acids is 1. The minimum atomic E-state index is -0.250. The molecule has 0 amide bonds. The molecule has 18 heavy (non-hydrogen) atoms. The average molecular weight is 243 g/mol. The molecule has 0 saturated carbocycles. The fourth-order valence-corrected chi connectivity index (χ4v) is 1.93. The van der Waals surface area contributed by atoms with Gasteiger partial charge < -0.3 is 4.90 Å². The van der Waals surface area contributed by atoms with Crippen molar-refractivity contribution in [3.63, 3.8) is 0 Å². The highest BCUT2D eigenvalue weighted by atomic mass is 19.1. The molecule has 3 heteroatoms. The van der Waals surface area contributed by atoms with E-state index in [4.69, 9.17) is 0 Å². The van der Waals surface area contributed by atoms with E-state index in [1.54, 1.807) is 18.2 Å². The van der Waals surface area contributed by atoms with Gasteiger partial charge >= 0.3 is 0 Å². The minimum Gasteiger partial charge on any atom is -0.344 e. The standard InChI is InChI=1S/C15H14FNO/c1-11-9-12(10-18)3-8-15(11)17(2)14-6-4-13(16)5-7-14/h3-10H,1-2H3. The Morgan fingerprint density at radius 1 is 1.11 bits per heavy atom. The Hall–Kier alpha value is -2.16. The fourth-order valence-electron chi connectivity index (χ4n) is 1.93. The third kappa shape index (κ3) is 2.40. The molecule has 0 aliphatic carbocycles. The Labute approximate surface area is 106 Å². The summed E-state index contributed by atoms with van der Waals surface area (Å²) in [7, 11) is 1.91. The maximum atomic E-state index is 12.9. The molecular formula is C15H14FNO. The summed E-state index contributed by atoms with van der Waals surface area (Å²) >= 11 is 0. The number of hydrogen-bond donors (Lipinski definition) is 0. The molecule has 0 heterocycles. The fraction of sp³-hybridized carbons (Fsp3) is 0.133. The summed E-state index contributed by atoms with van der Waals surface area (Å²) in [4.78, 5) is 12.7. The lowest BCUT2D eigenvalue weighted by molar-refractivity contribution is 0.112. The van der Waals surface area contributed by atoms with Crippen LogP contribution in [-0.2, 0) is 0 Å². The van der Waals surface area contributed by atoms with Gasteiger partial charge in [0.25, 0.3) is 0 Å². The first kappa shape index (κ1) is 12.3. The average Bonchev–Trinajstić information content (AvgIpc) is 2.38. The van der Waals surface area contributed by atoms with E-state index in [9.17, 15) is 9.18 Å². The topological polar surface area (TPSA) is 20.3 Å². The van der Waals surface area contributed by atoms with Crippen molar-refractivity contribution in [3.8, 4) is 0 Å². The summed E-state index contributed by atoms with van der Waals surface area (Å²) in [5.41, 5.74) is 3.56. The summed E-state index contributed by atoms with van der Waals surface area (Å²) in [5.74, 6) is -0.250. The van der Waals surface area contributed by atoms with Crippen LogP contribution in [0.1, 0.15) is 15.9 Å². The van der Waals surface area contributed by atoms with Gasteiger partial charge in [0.1, 0.15) is 12.1 Å². The van der Waals surface area contributed by atoms with E-state index in [1.165, 1.54) is 12.1 Å². The Bertz CT molecular complexity index is 563. The normalized spacial score (nSPS) is 10.2. The molecule has 2 rings (SSSR count). The van der Waals surface area contributed by atoms with Crippen LogP contribution in [0.15, 0.2) is 42.5 Å². The zero-order valence-electron chi connectivity index (χ0n) is 10.4. The van der Waals surface area contributed by atoms with E-state index in [1.807, 2.05) is 31.0 Å². The lowest BCUT2D eigenvalue weighted by atomic mass is 10.1. The van der Waals surface area contributed by atoms with Crippen molar-refractivity contribution in [2.45, 2.75) is 6.92 Å². The van der Waals surface area contributed by atoms with Crippen LogP contribution in [0.3, 0.4) is 0 Å². The SMILES string of the molecule is Cc1cc(C=O)ccc1N(C)c1ccc(F)cc1. The summed E-state index contributed by atoms with van der Waals surface area (Å²) in [6.45, 7) is 1.95. The molecule has 0 spiro atoms. The van der Waals surface area contributed by atoms with Crippen LogP contribution in [0.4, 0.5) is 15.8 Å². The highest BCUT2D eigenvalue weighted by Crippen LogP contribution is 2.27. The highest BCUT2D eigenvalue weighted by molar-refractivity contribution is 5.78. The van der Waals surface area contributed by atoms with Gasteiger partial charge in [0.15, 0.2) is 0 Å². The van der Waals surface area contributed by atoms with Gasteiger partial charge in [0, 0.05) is 24.0 Å². The molecule has 0 aliphatic rings. The van der Waals surface area contributed by atoms with Gasteiger partial charge in [-0.2, -0.15) is 0 Å². The van der Waals surface area contributed by atoms with Gasteiger partial charge in [-0.05, 0) is 55.0 Å². The first-order valence-electron chi connectivity index (χ1n) is 5.67. The highest BCUT2D eigenvalue weighted by Gasteiger charge is 2.07. The second-order valence-corrected chi connectivity index (χ2v) is 4.20. The van der Waals surface area contributed by atoms with Gasteiger partial charge in [0.2, 0.25) is 0 Å². The molecule has 2 aromatic carbocycles. The van der Waals surface area contributed by atoms with Crippen LogP contribution in [0.2, 0.25) is 0 Å². The molecule has 0 saturated heterocycles. The molecule has 0 fully saturated rings. The van der Waals surface area contributed by atoms with E-state index in [2.05, 4.69) is 0 Å². The first-order valence-corrected chi connectivity index (χ1v) is 5.67. The molecule has 92 valence electrons. The predicted molar refractivity (Wildman–Crippen MR) is 71.0 cm³/mol. The maximum absolute atomic E-state index is 12.9. The van der Waals surface area contributed by atoms with Crippen molar-refractivity contribution < 1.29 is 9.18 Å². The number of nitrogens with zero attached hydrogens (tertiary/aromatic N) is 1. The Balaban J connectivity index is 2.36. The van der Waals surface area contributed by atoms with Gasteiger partial charge in [-0.3, -0.25) is 4.79 Å². The van der Waals surface area contributed by atoms with E-state index in [-0.39, 0.29) is 5.82 Å². The molecule has 2 aromatic rings. The number of hydrogen-bond acceptors (Lipinski definition) is 2. The Morgan fingerprint density at radius 3 is 2.33 bits per heavy atom. The zero-order chi connectivity index (χ0) is 13.1. The van der Waals surface area contributed by atoms with Crippen LogP contribution in [0, 0.1) is 12.7 Å². The van der Waals surface area contributed by atoms with E-state index >= 15 is 0 Å². The lowest BCUT2D eigenvalue weighted by Crippen LogP contribution is -2.11. The number of aryl methyl sites for hydroxylation is 1. The van der Waals surface area contributed by atoms with Gasteiger partial charge in [0.05, 0.1) is 0 Å². The van der Waals surface area contributed by atoms with Crippen molar-refractivity contribution in [2.24, 2.45) is 0 Å².